The standard InChI is InChI=1S/C84H102Cl2N8O27S/c1-7-9-10-24-115-46-15-17-47(18-16-46)122(113,114)90-23-11-22-89-36-51-55(97)34-50-65(72(51)103)49-26-41(12-19-54(49)96)48-33-57(99)66-44-30-60(117-58-20-13-42(27-52(58)85)70(101)68(93-78(107)40(8-2)25-38(3)4)56(98)29-45(32-63(87)100)79(108)91-66)75(121-83-76(74(105)73(104)62(37-95)119-83)120-64-35-84(6,88)77(106)39(5)116-64)61(31-44)118-59-21-14-43(28-53(59)86)71(102)69(94-80(48)109)81(110)92-67(50)82(111)112/h12-21,26-28,30-31,34,38-40,45,48,62,64,66-71,73-74,76-77,83,89-90,95-97,101-106H,7-11,22-25,29,32-33,35-37,88H2,1-6H3,(H2,87,100)(H,91,108)(H,92,110)(H,93,107)(H,94,109)(H,111,112)/t39-,40+,45-,48+,62+,64-,66+,67-,68-,69-,70+,71+,73+,74-,76+,77+,83-,84-/m0/s1. The summed E-state index contributed by atoms with van der Waals surface area (Å²) in [5, 5.41) is 130. The van der Waals surface area contributed by atoms with E-state index < -0.39 is 266 Å². The molecule has 7 aliphatic rings. The molecule has 0 saturated carbocycles. The van der Waals surface area contributed by atoms with Crippen molar-refractivity contribution in [3.8, 4) is 62.9 Å². The Kier molecular flexibility index (Phi) is 30.3. The maximum absolute atomic E-state index is 16.5. The molecular formula is C84H102Cl2N8O27S. The van der Waals surface area contributed by atoms with Gasteiger partial charge in [-0.25, -0.2) is 17.9 Å². The molecule has 2 saturated heterocycles. The van der Waals surface area contributed by atoms with Crippen LogP contribution in [0.15, 0.2) is 102 Å². The molecule has 18 atom stereocenters. The Balaban J connectivity index is 1.07. The maximum Gasteiger partial charge on any atom is 0.330 e. The average Bonchev–Trinajstić information content (AvgIpc) is 0.755. The average molecular weight is 1760 g/mol. The van der Waals surface area contributed by atoms with Crippen LogP contribution in [0.2, 0.25) is 10.0 Å². The number of carboxylic acid groups (broad SMARTS) is 1. The smallest absolute Gasteiger partial charge is 0.330 e. The van der Waals surface area contributed by atoms with Gasteiger partial charge in [-0.3, -0.25) is 33.6 Å². The second kappa shape index (κ2) is 39.8. The van der Waals surface area contributed by atoms with E-state index in [1.807, 2.05) is 13.8 Å². The van der Waals surface area contributed by atoms with E-state index in [2.05, 4.69) is 38.2 Å². The van der Waals surface area contributed by atoms with Gasteiger partial charge in [0.15, 0.2) is 41.5 Å². The van der Waals surface area contributed by atoms with Gasteiger partial charge in [0.25, 0.3) is 0 Å². The van der Waals surface area contributed by atoms with E-state index in [-0.39, 0.29) is 76.2 Å². The van der Waals surface area contributed by atoms with Crippen LogP contribution in [0.25, 0.3) is 11.1 Å². The van der Waals surface area contributed by atoms with Gasteiger partial charge in [0.05, 0.1) is 57.8 Å². The minimum absolute atomic E-state index is 0.00355. The number of aromatic hydroxyl groups is 3. The summed E-state index contributed by atoms with van der Waals surface area (Å²) in [5.41, 5.74) is 7.87. The van der Waals surface area contributed by atoms with Gasteiger partial charge in [-0.05, 0) is 153 Å². The molecule has 35 nitrogen and oxygen atoms in total. The quantitative estimate of drug-likeness (QED) is 0.0296. The van der Waals surface area contributed by atoms with Crippen molar-refractivity contribution >= 4 is 80.3 Å². The largest absolute Gasteiger partial charge is 0.507 e. The number of sulfonamides is 1. The number of ether oxygens (including phenoxy) is 7. The Morgan fingerprint density at radius 2 is 1.39 bits per heavy atom. The summed E-state index contributed by atoms with van der Waals surface area (Å²) in [5.74, 6) is -19.3. The van der Waals surface area contributed by atoms with Gasteiger partial charge in [0, 0.05) is 66.9 Å². The number of phenols is 3. The minimum Gasteiger partial charge on any atom is -0.507 e. The summed E-state index contributed by atoms with van der Waals surface area (Å²) in [7, 11) is -4.03. The number of amides is 5. The number of carbonyl (C=O) groups is 8. The van der Waals surface area contributed by atoms with E-state index >= 15 is 24.0 Å². The molecule has 7 aliphatic heterocycles. The Bertz CT molecular complexity index is 5010. The molecule has 6 aromatic carbocycles. The zero-order chi connectivity index (χ0) is 88.7. The third kappa shape index (κ3) is 21.3. The summed E-state index contributed by atoms with van der Waals surface area (Å²) in [4.78, 5) is 120. The molecule has 660 valence electrons. The molecule has 11 bridgehead atoms. The first-order valence-corrected chi connectivity index (χ1v) is 42.2. The molecule has 6 aromatic rings. The molecule has 0 spiro atoms. The molecule has 13 rings (SSSR count). The van der Waals surface area contributed by atoms with E-state index in [1.54, 1.807) is 6.92 Å². The monoisotopic (exact) mass is 1760 g/mol. The van der Waals surface area contributed by atoms with E-state index in [9.17, 15) is 73.9 Å². The predicted molar refractivity (Wildman–Crippen MR) is 436 cm³/mol. The van der Waals surface area contributed by atoms with Crippen LogP contribution in [-0.2, 0) is 69.1 Å². The number of aliphatic hydroxyl groups is 6. The van der Waals surface area contributed by atoms with Crippen molar-refractivity contribution in [2.75, 3.05) is 26.3 Å². The van der Waals surface area contributed by atoms with Crippen LogP contribution in [0.3, 0.4) is 0 Å². The molecule has 38 heteroatoms. The molecule has 20 N–H and O–H groups in total. The number of hydrogen-bond donors (Lipinski definition) is 18. The van der Waals surface area contributed by atoms with Crippen LogP contribution >= 0.6 is 23.2 Å². The highest BCUT2D eigenvalue weighted by Crippen LogP contribution is 2.51. The third-order valence-electron chi connectivity index (χ3n) is 22.2. The molecule has 122 heavy (non-hydrogen) atoms. The van der Waals surface area contributed by atoms with Crippen molar-refractivity contribution in [3.05, 3.63) is 140 Å². The maximum atomic E-state index is 16.5. The van der Waals surface area contributed by atoms with Gasteiger partial charge in [-0.2, -0.15) is 0 Å². The van der Waals surface area contributed by atoms with Crippen LogP contribution < -0.4 is 61.7 Å². The molecule has 5 amide bonds. The molecule has 0 aliphatic carbocycles. The normalized spacial score (nSPS) is 26.6. The SMILES string of the molecule is CCCCCOc1ccc(S(=O)(=O)NCCCNCc2c(O)cc3c(c2O)-c2cc(ccc2O)[C@H]2CC(=O)[C@@H]4NC(=O)[C@H](CC(N)=O)CC(=O)[C@H](NC(=O)[C@H](CC)CC(C)C)[C@H](O)c5ccc(c(Cl)c5)Oc5cc4cc(c5O[C@@H]4O[C@H](CO)[C@@H](O)[C@H](O)[C@H]4O[C@H]4C[C@](C)(N)[C@H](O)[C@H](C)O4)Oc4ccc(cc4Cl)[C@@H](O)[C@H](NC2=O)C(=O)N[C@@H]3C(=O)O)cc1. The first-order valence-electron chi connectivity index (χ1n) is 40.0. The summed E-state index contributed by atoms with van der Waals surface area (Å²) in [6, 6.07) is 10.3. The fraction of sp³-hybridized carbons (Fsp3) is 0.476. The van der Waals surface area contributed by atoms with Crippen molar-refractivity contribution in [2.45, 2.75) is 214 Å². The minimum atomic E-state index is -4.03. The van der Waals surface area contributed by atoms with Gasteiger partial charge in [0.1, 0.15) is 83.1 Å². The number of rotatable bonds is 26. The Hall–Kier alpha value is -9.87. The zero-order valence-electron chi connectivity index (χ0n) is 67.5. The number of primary amides is 1. The number of hydrogen-bond acceptors (Lipinski definition) is 28. The van der Waals surface area contributed by atoms with Crippen molar-refractivity contribution in [1.82, 2.24) is 31.3 Å². The van der Waals surface area contributed by atoms with E-state index in [1.165, 1.54) is 56.3 Å². The number of halogens is 2. The highest BCUT2D eigenvalue weighted by molar-refractivity contribution is 7.89. The number of fused-ring (bicyclic) bond motifs is 15. The zero-order valence-corrected chi connectivity index (χ0v) is 69.8. The molecule has 7 heterocycles. The molecule has 2 fully saturated rings. The highest BCUT2D eigenvalue weighted by Gasteiger charge is 2.52. The van der Waals surface area contributed by atoms with Crippen molar-refractivity contribution < 1.29 is 131 Å². The van der Waals surface area contributed by atoms with Crippen molar-refractivity contribution in [2.24, 2.45) is 29.2 Å². The first kappa shape index (κ1) is 92.8. The number of nitrogens with two attached hydrogens (primary N) is 2. The van der Waals surface area contributed by atoms with Crippen molar-refractivity contribution in [3.63, 3.8) is 0 Å². The van der Waals surface area contributed by atoms with Crippen LogP contribution in [0.5, 0.6) is 51.7 Å². The Morgan fingerprint density at radius 1 is 0.730 bits per heavy atom. The van der Waals surface area contributed by atoms with Gasteiger partial charge in [0.2, 0.25) is 51.6 Å². The number of nitrogens with one attached hydrogen (secondary N) is 6. The summed E-state index contributed by atoms with van der Waals surface area (Å²) >= 11 is 14.3. The van der Waals surface area contributed by atoms with Gasteiger partial charge in [-0.1, -0.05) is 81.9 Å². The number of ketones is 2. The number of Topliss-reactive ketones (excluding diaryl/α,β-unsaturated/α-hetero) is 2. The number of aliphatic hydroxyl groups excluding tert-OH is 6. The van der Waals surface area contributed by atoms with Gasteiger partial charge >= 0.3 is 5.97 Å². The second-order valence-corrected chi connectivity index (χ2v) is 34.4. The fourth-order valence-electron chi connectivity index (χ4n) is 15.5. The lowest BCUT2D eigenvalue weighted by molar-refractivity contribution is -0.333. The Morgan fingerprint density at radius 3 is 1.99 bits per heavy atom. The number of carboxylic acids is 1. The first-order chi connectivity index (χ1) is 57.8. The van der Waals surface area contributed by atoms with Crippen molar-refractivity contribution in [1.29, 1.82) is 0 Å². The molecule has 0 radical (unpaired) electrons. The van der Waals surface area contributed by atoms with E-state index in [0.29, 0.717) is 18.8 Å². The number of aliphatic carboxylic acids is 1. The number of benzene rings is 6. The van der Waals surface area contributed by atoms with Gasteiger partial charge in [-0.15, -0.1) is 0 Å². The van der Waals surface area contributed by atoms with Crippen LogP contribution in [0.1, 0.15) is 169 Å². The molecule has 0 unspecified atom stereocenters. The number of carbonyl (C=O) groups excluding carboxylic acids is 7. The summed E-state index contributed by atoms with van der Waals surface area (Å²) < 4.78 is 73.6. The number of unbranched alkanes of at least 4 members (excludes halogenated alkanes) is 2. The molecular weight excluding hydrogens is 1660 g/mol. The third-order valence-corrected chi connectivity index (χ3v) is 24.2. The lowest BCUT2D eigenvalue weighted by atomic mass is 9.84. The molecule has 0 aromatic heterocycles. The second-order valence-electron chi connectivity index (χ2n) is 31.8. The fourth-order valence-corrected chi connectivity index (χ4v) is 17.0. The van der Waals surface area contributed by atoms with Crippen LogP contribution in [-0.4, -0.2) is 200 Å². The number of phenolic OH excluding ortho intramolecular Hbond substituents is 3. The summed E-state index contributed by atoms with van der Waals surface area (Å²) in [6.45, 7) is 9.44. The van der Waals surface area contributed by atoms with Crippen LogP contribution in [0, 0.1) is 17.8 Å². The lowest BCUT2D eigenvalue weighted by Crippen LogP contribution is -2.64. The lowest BCUT2D eigenvalue weighted by Gasteiger charge is -2.47. The van der Waals surface area contributed by atoms with E-state index in [4.69, 9.17) is 67.8 Å². The highest BCUT2D eigenvalue weighted by atomic mass is 35.5. The van der Waals surface area contributed by atoms with Crippen LogP contribution in [0.4, 0.5) is 0 Å². The Labute approximate surface area is 712 Å². The predicted octanol–water partition coefficient (Wildman–Crippen LogP) is 5.55. The summed E-state index contributed by atoms with van der Waals surface area (Å²) in [6.07, 6.45) is -17.4. The van der Waals surface area contributed by atoms with E-state index in [0.717, 1.165) is 73.9 Å². The topological polar surface area (TPSA) is 562 Å². The van der Waals surface area contributed by atoms with Gasteiger partial charge < -0.3 is 122 Å².